The second-order valence-electron chi connectivity index (χ2n) is 4.66. The number of methoxy groups -OCH3 is 1. The van der Waals surface area contributed by atoms with Gasteiger partial charge in [-0.05, 0) is 6.42 Å². The number of ether oxygens (including phenoxy) is 1. The molecule has 0 aliphatic carbocycles. The molecule has 1 N–H and O–H groups in total. The third kappa shape index (κ3) is 3.73. The first-order valence-electron chi connectivity index (χ1n) is 6.12. The van der Waals surface area contributed by atoms with Gasteiger partial charge in [-0.15, -0.1) is 0 Å². The highest BCUT2D eigenvalue weighted by molar-refractivity contribution is 7.91. The maximum atomic E-state index is 11.9. The molecule has 1 fully saturated rings. The highest BCUT2D eigenvalue weighted by Gasteiger charge is 2.28. The van der Waals surface area contributed by atoms with Gasteiger partial charge >= 0.3 is 5.97 Å². The third-order valence-corrected chi connectivity index (χ3v) is 5.22. The molecule has 1 atom stereocenters. The normalized spacial score (nSPS) is 20.2. The Bertz CT molecular complexity index is 715. The van der Waals surface area contributed by atoms with Crippen LogP contribution in [0.25, 0.3) is 0 Å². The van der Waals surface area contributed by atoms with Crippen molar-refractivity contribution in [3.05, 3.63) is 21.6 Å². The minimum atomic E-state index is -3.04. The zero-order valence-corrected chi connectivity index (χ0v) is 12.8. The standard InChI is InChI=1S/C11H14ClN3O5S/c1-20-9(16)5-15-11(17)10(12)8(4-13-15)14-7-2-3-21(18,19)6-7/h4,7,14H,2-3,5-6H2,1H3. The van der Waals surface area contributed by atoms with Crippen LogP contribution in [-0.2, 0) is 25.9 Å². The van der Waals surface area contributed by atoms with Crippen molar-refractivity contribution in [2.45, 2.75) is 19.0 Å². The first-order valence-corrected chi connectivity index (χ1v) is 8.32. The molecular weight excluding hydrogens is 322 g/mol. The van der Waals surface area contributed by atoms with Crippen LogP contribution in [0, 0.1) is 0 Å². The molecular formula is C11H14ClN3O5S. The number of hydrogen-bond acceptors (Lipinski definition) is 7. The molecule has 2 heterocycles. The number of nitrogens with one attached hydrogen (secondary N) is 1. The molecule has 1 aromatic rings. The van der Waals surface area contributed by atoms with Crippen molar-refractivity contribution in [3.63, 3.8) is 0 Å². The van der Waals surface area contributed by atoms with E-state index >= 15 is 0 Å². The summed E-state index contributed by atoms with van der Waals surface area (Å²) in [5, 5.41) is 6.57. The van der Waals surface area contributed by atoms with Crippen LogP contribution < -0.4 is 10.9 Å². The van der Waals surface area contributed by atoms with Gasteiger partial charge in [0.25, 0.3) is 5.56 Å². The topological polar surface area (TPSA) is 107 Å². The summed E-state index contributed by atoms with van der Waals surface area (Å²) in [7, 11) is -1.84. The number of rotatable bonds is 4. The van der Waals surface area contributed by atoms with Crippen molar-refractivity contribution in [1.82, 2.24) is 9.78 Å². The number of aromatic nitrogens is 2. The lowest BCUT2D eigenvalue weighted by atomic mass is 10.2. The van der Waals surface area contributed by atoms with Gasteiger partial charge in [0.2, 0.25) is 0 Å². The van der Waals surface area contributed by atoms with E-state index in [1.165, 1.54) is 13.3 Å². The van der Waals surface area contributed by atoms with E-state index in [1.54, 1.807) is 0 Å². The van der Waals surface area contributed by atoms with Gasteiger partial charge in [0.15, 0.2) is 9.84 Å². The number of halogens is 1. The Hall–Kier alpha value is -1.61. The van der Waals surface area contributed by atoms with Crippen LogP contribution in [0.4, 0.5) is 5.69 Å². The Morgan fingerprint density at radius 1 is 1.62 bits per heavy atom. The Labute approximate surface area is 126 Å². The summed E-state index contributed by atoms with van der Waals surface area (Å²) in [5.74, 6) is -0.521. The van der Waals surface area contributed by atoms with E-state index in [2.05, 4.69) is 15.2 Å². The van der Waals surface area contributed by atoms with Crippen LogP contribution in [0.2, 0.25) is 5.02 Å². The molecule has 0 bridgehead atoms. The summed E-state index contributed by atoms with van der Waals surface area (Å²) in [6, 6.07) is -0.301. The van der Waals surface area contributed by atoms with E-state index in [-0.39, 0.29) is 34.8 Å². The quantitative estimate of drug-likeness (QED) is 0.750. The summed E-state index contributed by atoms with van der Waals surface area (Å²) < 4.78 is 28.1. The highest BCUT2D eigenvalue weighted by Crippen LogP contribution is 2.21. The summed E-state index contributed by atoms with van der Waals surface area (Å²) in [6.07, 6.45) is 1.74. The summed E-state index contributed by atoms with van der Waals surface area (Å²) in [5.41, 5.74) is -0.391. The number of sulfone groups is 1. The number of esters is 1. The van der Waals surface area contributed by atoms with Crippen LogP contribution in [-0.4, -0.2) is 48.8 Å². The van der Waals surface area contributed by atoms with Gasteiger partial charge < -0.3 is 10.1 Å². The second kappa shape index (κ2) is 6.02. The van der Waals surface area contributed by atoms with E-state index < -0.39 is 21.4 Å². The first kappa shape index (κ1) is 15.8. The van der Waals surface area contributed by atoms with Gasteiger partial charge in [-0.2, -0.15) is 5.10 Å². The van der Waals surface area contributed by atoms with Gasteiger partial charge in [0, 0.05) is 6.04 Å². The second-order valence-corrected chi connectivity index (χ2v) is 7.26. The minimum absolute atomic E-state index is 0.00538. The van der Waals surface area contributed by atoms with Crippen LogP contribution in [0.15, 0.2) is 11.0 Å². The molecule has 0 spiro atoms. The summed E-state index contributed by atoms with van der Waals surface area (Å²) >= 11 is 5.94. The molecule has 8 nitrogen and oxygen atoms in total. The first-order chi connectivity index (χ1) is 9.82. The number of nitrogens with zero attached hydrogens (tertiary/aromatic N) is 2. The smallest absolute Gasteiger partial charge is 0.327 e. The molecule has 0 saturated carbocycles. The molecule has 2 rings (SSSR count). The molecule has 1 aliphatic rings. The van der Waals surface area contributed by atoms with E-state index in [9.17, 15) is 18.0 Å². The van der Waals surface area contributed by atoms with Crippen molar-refractivity contribution in [2.24, 2.45) is 0 Å². The van der Waals surface area contributed by atoms with Gasteiger partial charge in [0.1, 0.15) is 11.6 Å². The van der Waals surface area contributed by atoms with Crippen molar-refractivity contribution < 1.29 is 17.9 Å². The van der Waals surface area contributed by atoms with Crippen LogP contribution in [0.1, 0.15) is 6.42 Å². The number of carbonyl (C=O) groups is 1. The molecule has 0 amide bonds. The number of hydrogen-bond donors (Lipinski definition) is 1. The van der Waals surface area contributed by atoms with Gasteiger partial charge in [0.05, 0.1) is 30.5 Å². The fourth-order valence-corrected chi connectivity index (χ4v) is 3.87. The zero-order chi connectivity index (χ0) is 15.6. The van der Waals surface area contributed by atoms with E-state index in [4.69, 9.17) is 11.6 Å². The van der Waals surface area contributed by atoms with Crippen LogP contribution in [0.3, 0.4) is 0 Å². The van der Waals surface area contributed by atoms with E-state index in [1.807, 2.05) is 0 Å². The molecule has 0 aromatic carbocycles. The average molecular weight is 336 g/mol. The third-order valence-electron chi connectivity index (χ3n) is 3.08. The molecule has 1 unspecified atom stereocenters. The highest BCUT2D eigenvalue weighted by atomic mass is 35.5. The molecule has 10 heteroatoms. The summed E-state index contributed by atoms with van der Waals surface area (Å²) in [4.78, 5) is 23.1. The zero-order valence-electron chi connectivity index (χ0n) is 11.2. The summed E-state index contributed by atoms with van der Waals surface area (Å²) in [6.45, 7) is -0.340. The van der Waals surface area contributed by atoms with E-state index in [0.29, 0.717) is 6.42 Å². The molecule has 1 saturated heterocycles. The monoisotopic (exact) mass is 335 g/mol. The lowest BCUT2D eigenvalue weighted by molar-refractivity contribution is -0.141. The predicted molar refractivity (Wildman–Crippen MR) is 76.2 cm³/mol. The Kier molecular flexibility index (Phi) is 4.52. The Balaban J connectivity index is 2.17. The van der Waals surface area contributed by atoms with Gasteiger partial charge in [-0.25, -0.2) is 13.1 Å². The Morgan fingerprint density at radius 3 is 2.90 bits per heavy atom. The Morgan fingerprint density at radius 2 is 2.33 bits per heavy atom. The SMILES string of the molecule is COC(=O)Cn1ncc(NC2CCS(=O)(=O)C2)c(Cl)c1=O. The number of anilines is 1. The lowest BCUT2D eigenvalue weighted by Gasteiger charge is -2.14. The largest absolute Gasteiger partial charge is 0.468 e. The minimum Gasteiger partial charge on any atom is -0.468 e. The fraction of sp³-hybridized carbons (Fsp3) is 0.545. The molecule has 21 heavy (non-hydrogen) atoms. The maximum Gasteiger partial charge on any atom is 0.327 e. The van der Waals surface area contributed by atoms with Crippen molar-refractivity contribution in [3.8, 4) is 0 Å². The lowest BCUT2D eigenvalue weighted by Crippen LogP contribution is -2.29. The molecule has 0 radical (unpaired) electrons. The molecule has 116 valence electrons. The fourth-order valence-electron chi connectivity index (χ4n) is 1.99. The van der Waals surface area contributed by atoms with Gasteiger partial charge in [-0.3, -0.25) is 9.59 Å². The van der Waals surface area contributed by atoms with Crippen LogP contribution >= 0.6 is 11.6 Å². The van der Waals surface area contributed by atoms with Gasteiger partial charge in [-0.1, -0.05) is 11.6 Å². The van der Waals surface area contributed by atoms with Crippen molar-refractivity contribution in [1.29, 1.82) is 0 Å². The molecule has 1 aliphatic heterocycles. The van der Waals surface area contributed by atoms with Crippen LogP contribution in [0.5, 0.6) is 0 Å². The maximum absolute atomic E-state index is 11.9. The van der Waals surface area contributed by atoms with Crippen molar-refractivity contribution in [2.75, 3.05) is 23.9 Å². The number of carbonyl (C=O) groups excluding carboxylic acids is 1. The average Bonchev–Trinajstić information content (AvgIpc) is 2.77. The predicted octanol–water partition coefficient (Wildman–Crippen LogP) is -0.331. The van der Waals surface area contributed by atoms with Crippen molar-refractivity contribution >= 4 is 33.1 Å². The molecule has 1 aromatic heterocycles. The van der Waals surface area contributed by atoms with E-state index in [0.717, 1.165) is 4.68 Å².